The third-order valence-electron chi connectivity index (χ3n) is 6.51. The number of methoxy groups -OCH3 is 1. The molecular formula is C32H24BrN3O4. The molecule has 0 unspecified atom stereocenters. The van der Waals surface area contributed by atoms with Crippen LogP contribution in [0.3, 0.4) is 0 Å². The highest BCUT2D eigenvalue weighted by Gasteiger charge is 2.18. The van der Waals surface area contributed by atoms with Crippen LogP contribution in [0.15, 0.2) is 110 Å². The number of para-hydroxylation sites is 1. The Labute approximate surface area is 238 Å². The number of furan rings is 1. The first-order valence-electron chi connectivity index (χ1n) is 12.6. The van der Waals surface area contributed by atoms with E-state index in [-0.39, 0.29) is 11.4 Å². The molecule has 0 aliphatic heterocycles. The molecule has 0 spiro atoms. The molecule has 40 heavy (non-hydrogen) atoms. The van der Waals surface area contributed by atoms with Gasteiger partial charge in [-0.25, -0.2) is 4.98 Å². The van der Waals surface area contributed by atoms with Gasteiger partial charge in [-0.2, -0.15) is 9.78 Å². The van der Waals surface area contributed by atoms with Crippen LogP contribution in [0.1, 0.15) is 16.7 Å². The van der Waals surface area contributed by atoms with Crippen LogP contribution in [0.4, 0.5) is 0 Å². The smallest absolute Gasteiger partial charge is 0.282 e. The van der Waals surface area contributed by atoms with E-state index in [9.17, 15) is 4.79 Å². The average molecular weight is 594 g/mol. The second kappa shape index (κ2) is 10.8. The van der Waals surface area contributed by atoms with Crippen molar-refractivity contribution in [2.75, 3.05) is 7.11 Å². The van der Waals surface area contributed by atoms with E-state index in [4.69, 9.17) is 18.9 Å². The second-order valence-electron chi connectivity index (χ2n) is 9.26. The molecule has 0 aliphatic rings. The van der Waals surface area contributed by atoms with Gasteiger partial charge in [0.05, 0.1) is 34.1 Å². The first-order valence-corrected chi connectivity index (χ1v) is 13.4. The van der Waals surface area contributed by atoms with E-state index in [2.05, 4.69) is 52.2 Å². The van der Waals surface area contributed by atoms with E-state index in [1.165, 1.54) is 10.2 Å². The molecule has 6 rings (SSSR count). The van der Waals surface area contributed by atoms with Crippen molar-refractivity contribution in [1.29, 1.82) is 0 Å². The van der Waals surface area contributed by atoms with Crippen LogP contribution in [-0.2, 0) is 6.61 Å². The Bertz CT molecular complexity index is 1940. The minimum absolute atomic E-state index is 0.287. The molecule has 0 N–H and O–H groups in total. The molecule has 0 bridgehead atoms. The number of rotatable bonds is 7. The van der Waals surface area contributed by atoms with Crippen molar-refractivity contribution >= 4 is 44.0 Å². The third-order valence-corrected chi connectivity index (χ3v) is 7.13. The Balaban J connectivity index is 1.36. The molecule has 8 heteroatoms. The highest BCUT2D eigenvalue weighted by atomic mass is 79.9. The Morgan fingerprint density at radius 2 is 1.77 bits per heavy atom. The summed E-state index contributed by atoms with van der Waals surface area (Å²) >= 11 is 3.60. The highest BCUT2D eigenvalue weighted by Crippen LogP contribution is 2.33. The number of hydrogen-bond acceptors (Lipinski definition) is 6. The minimum atomic E-state index is -0.304. The number of hydrogen-bond donors (Lipinski definition) is 0. The van der Waals surface area contributed by atoms with Crippen molar-refractivity contribution in [1.82, 2.24) is 9.66 Å². The van der Waals surface area contributed by atoms with Gasteiger partial charge in [-0.15, -0.1) is 0 Å². The fourth-order valence-corrected chi connectivity index (χ4v) is 4.91. The summed E-state index contributed by atoms with van der Waals surface area (Å²) < 4.78 is 19.6. The molecule has 0 amide bonds. The molecule has 0 saturated heterocycles. The van der Waals surface area contributed by atoms with E-state index in [1.807, 2.05) is 48.5 Å². The van der Waals surface area contributed by atoms with Gasteiger partial charge < -0.3 is 13.9 Å². The van der Waals surface area contributed by atoms with Crippen LogP contribution in [0.2, 0.25) is 0 Å². The molecule has 0 saturated carbocycles. The maximum atomic E-state index is 13.6. The Morgan fingerprint density at radius 1 is 0.950 bits per heavy atom. The zero-order chi connectivity index (χ0) is 27.6. The van der Waals surface area contributed by atoms with Crippen molar-refractivity contribution in [2.24, 2.45) is 5.10 Å². The lowest BCUT2D eigenvalue weighted by Gasteiger charge is -2.10. The van der Waals surface area contributed by atoms with Gasteiger partial charge in [0.15, 0.2) is 5.76 Å². The maximum absolute atomic E-state index is 13.6. The number of nitrogens with zero attached hydrogens (tertiary/aromatic N) is 3. The standard InChI is InChI=1S/C32H24BrN3O4/c1-20-10-12-21(13-11-20)19-39-29-15-14-22(16-25(29)33)18-34-36-31(35-26-7-4-3-6-23(26)32(36)37)30-17-24-27(38-2)8-5-9-28(24)40-30/h3-18H,19H2,1-2H3. The number of fused-ring (bicyclic) bond motifs is 2. The lowest BCUT2D eigenvalue weighted by molar-refractivity contribution is 0.304. The summed E-state index contributed by atoms with van der Waals surface area (Å²) in [7, 11) is 1.60. The van der Waals surface area contributed by atoms with Gasteiger partial charge in [0, 0.05) is 0 Å². The highest BCUT2D eigenvalue weighted by molar-refractivity contribution is 9.10. The Hall–Kier alpha value is -4.69. The molecule has 2 heterocycles. The van der Waals surface area contributed by atoms with Gasteiger partial charge >= 0.3 is 0 Å². The second-order valence-corrected chi connectivity index (χ2v) is 10.1. The van der Waals surface area contributed by atoms with Crippen LogP contribution in [0.5, 0.6) is 11.5 Å². The van der Waals surface area contributed by atoms with Crippen molar-refractivity contribution in [3.8, 4) is 23.1 Å². The first kappa shape index (κ1) is 25.6. The largest absolute Gasteiger partial charge is 0.496 e. The van der Waals surface area contributed by atoms with E-state index >= 15 is 0 Å². The quantitative estimate of drug-likeness (QED) is 0.181. The maximum Gasteiger partial charge on any atom is 0.282 e. The van der Waals surface area contributed by atoms with Crippen LogP contribution in [0.25, 0.3) is 33.5 Å². The van der Waals surface area contributed by atoms with E-state index < -0.39 is 0 Å². The molecule has 4 aromatic carbocycles. The van der Waals surface area contributed by atoms with Crippen LogP contribution >= 0.6 is 15.9 Å². The third kappa shape index (κ3) is 5.01. The Morgan fingerprint density at radius 3 is 2.58 bits per heavy atom. The number of ether oxygens (including phenoxy) is 2. The lowest BCUT2D eigenvalue weighted by Crippen LogP contribution is -2.20. The van der Waals surface area contributed by atoms with Gasteiger partial charge in [0.1, 0.15) is 23.7 Å². The zero-order valence-electron chi connectivity index (χ0n) is 21.8. The summed E-state index contributed by atoms with van der Waals surface area (Å²) in [6, 6.07) is 28.4. The molecule has 198 valence electrons. The number of aromatic nitrogens is 2. The fourth-order valence-electron chi connectivity index (χ4n) is 4.40. The minimum Gasteiger partial charge on any atom is -0.496 e. The van der Waals surface area contributed by atoms with Gasteiger partial charge in [-0.3, -0.25) is 4.79 Å². The van der Waals surface area contributed by atoms with Crippen molar-refractivity contribution in [3.05, 3.63) is 123 Å². The number of halogens is 1. The monoisotopic (exact) mass is 593 g/mol. The van der Waals surface area contributed by atoms with Gasteiger partial charge in [-0.05, 0) is 82.5 Å². The molecule has 7 nitrogen and oxygen atoms in total. The molecule has 0 atom stereocenters. The lowest BCUT2D eigenvalue weighted by atomic mass is 10.2. The summed E-state index contributed by atoms with van der Waals surface area (Å²) in [6.07, 6.45) is 1.61. The molecule has 0 aliphatic carbocycles. The van der Waals surface area contributed by atoms with Gasteiger partial charge in [-0.1, -0.05) is 48.0 Å². The van der Waals surface area contributed by atoms with E-state index in [0.717, 1.165) is 21.0 Å². The summed E-state index contributed by atoms with van der Waals surface area (Å²) in [5.41, 5.74) is 3.93. The van der Waals surface area contributed by atoms with Crippen molar-refractivity contribution < 1.29 is 13.9 Å². The summed E-state index contributed by atoms with van der Waals surface area (Å²) in [5.74, 6) is 2.07. The molecule has 6 aromatic rings. The van der Waals surface area contributed by atoms with Gasteiger partial charge in [0.2, 0.25) is 5.82 Å². The number of aryl methyl sites for hydroxylation is 1. The topological polar surface area (TPSA) is 78.9 Å². The Kier molecular flexibility index (Phi) is 6.92. The number of benzene rings is 4. The fraction of sp³-hybridized carbons (Fsp3) is 0.0938. The molecule has 2 aromatic heterocycles. The van der Waals surface area contributed by atoms with Gasteiger partial charge in [0.25, 0.3) is 5.56 Å². The van der Waals surface area contributed by atoms with Crippen molar-refractivity contribution in [2.45, 2.75) is 13.5 Å². The summed E-state index contributed by atoms with van der Waals surface area (Å²) in [4.78, 5) is 18.3. The summed E-state index contributed by atoms with van der Waals surface area (Å²) in [5, 5.41) is 5.79. The summed E-state index contributed by atoms with van der Waals surface area (Å²) in [6.45, 7) is 2.51. The molecule has 0 fully saturated rings. The normalized spacial score (nSPS) is 11.5. The first-order chi connectivity index (χ1) is 19.5. The van der Waals surface area contributed by atoms with Crippen LogP contribution in [-0.4, -0.2) is 23.0 Å². The van der Waals surface area contributed by atoms with Crippen LogP contribution < -0.4 is 15.0 Å². The predicted octanol–water partition coefficient (Wildman–Crippen LogP) is 7.35. The molecule has 0 radical (unpaired) electrons. The average Bonchev–Trinajstić information content (AvgIpc) is 3.41. The molecular weight excluding hydrogens is 570 g/mol. The van der Waals surface area contributed by atoms with Crippen molar-refractivity contribution in [3.63, 3.8) is 0 Å². The van der Waals surface area contributed by atoms with E-state index in [1.54, 1.807) is 31.5 Å². The van der Waals surface area contributed by atoms with Crippen LogP contribution in [0, 0.1) is 6.92 Å². The SMILES string of the molecule is COc1cccc2oc(-c3nc4ccccc4c(=O)n3N=Cc3ccc(OCc4ccc(C)cc4)c(Br)c3)cc12. The zero-order valence-corrected chi connectivity index (χ0v) is 23.4. The van der Waals surface area contributed by atoms with E-state index in [0.29, 0.717) is 40.4 Å². The predicted molar refractivity (Wildman–Crippen MR) is 160 cm³/mol.